The van der Waals surface area contributed by atoms with Crippen LogP contribution in [0.15, 0.2) is 39.4 Å². The van der Waals surface area contributed by atoms with Crippen LogP contribution in [-0.2, 0) is 6.54 Å². The molecule has 0 amide bonds. The monoisotopic (exact) mass is 305 g/mol. The fraction of sp³-hybridized carbons (Fsp3) is 0.154. The molecule has 2 heterocycles. The molecule has 0 aliphatic carbocycles. The zero-order valence-corrected chi connectivity index (χ0v) is 11.4. The van der Waals surface area contributed by atoms with Gasteiger partial charge in [0.15, 0.2) is 0 Å². The first-order valence-corrected chi connectivity index (χ1v) is 6.39. The van der Waals surface area contributed by atoms with Crippen molar-refractivity contribution in [1.29, 1.82) is 0 Å². The van der Waals surface area contributed by atoms with Crippen LogP contribution in [0.1, 0.15) is 11.3 Å². The predicted molar refractivity (Wildman–Crippen MR) is 74.4 cm³/mol. The highest BCUT2D eigenvalue weighted by Crippen LogP contribution is 2.26. The van der Waals surface area contributed by atoms with Gasteiger partial charge in [-0.1, -0.05) is 18.2 Å². The Morgan fingerprint density at radius 2 is 2.17 bits per heavy atom. The van der Waals surface area contributed by atoms with Gasteiger partial charge in [0.05, 0.1) is 23.0 Å². The lowest BCUT2D eigenvalue weighted by molar-refractivity contribution is 0.601. The lowest BCUT2D eigenvalue weighted by atomic mass is 10.2. The molecule has 0 spiro atoms. The molecule has 0 atom stereocenters. The van der Waals surface area contributed by atoms with Crippen molar-refractivity contribution in [3.63, 3.8) is 0 Å². The van der Waals surface area contributed by atoms with E-state index >= 15 is 0 Å². The van der Waals surface area contributed by atoms with E-state index in [1.165, 1.54) is 0 Å². The van der Waals surface area contributed by atoms with Crippen molar-refractivity contribution in [2.45, 2.75) is 13.5 Å². The summed E-state index contributed by atoms with van der Waals surface area (Å²) in [6.45, 7) is 2.53. The largest absolute Gasteiger partial charge is 0.464 e. The third-order valence-electron chi connectivity index (χ3n) is 2.97. The normalized spacial score (nSPS) is 11.2. The molecule has 0 aliphatic heterocycles. The number of hydrogen-bond donors (Lipinski definition) is 1. The van der Waals surface area contributed by atoms with Crippen molar-refractivity contribution < 1.29 is 4.42 Å². The van der Waals surface area contributed by atoms with Crippen molar-refractivity contribution >= 4 is 32.7 Å². The third kappa shape index (κ3) is 1.71. The van der Waals surface area contributed by atoms with Crippen LogP contribution in [0.3, 0.4) is 0 Å². The van der Waals surface area contributed by atoms with Crippen molar-refractivity contribution in [3.05, 3.63) is 46.3 Å². The molecule has 0 radical (unpaired) electrons. The summed E-state index contributed by atoms with van der Waals surface area (Å²) in [4.78, 5) is 0. The van der Waals surface area contributed by atoms with E-state index < -0.39 is 0 Å². The third-order valence-corrected chi connectivity index (χ3v) is 3.95. The number of aromatic nitrogens is 2. The summed E-state index contributed by atoms with van der Waals surface area (Å²) >= 11 is 3.42. The number of benzene rings is 1. The smallest absolute Gasteiger partial charge is 0.136 e. The number of halogens is 1. The van der Waals surface area contributed by atoms with Gasteiger partial charge in [0.25, 0.3) is 0 Å². The number of nitrogens with two attached hydrogens (primary N) is 1. The van der Waals surface area contributed by atoms with Gasteiger partial charge >= 0.3 is 0 Å². The molecule has 0 bridgehead atoms. The Kier molecular flexibility index (Phi) is 2.63. The fourth-order valence-corrected chi connectivity index (χ4v) is 2.30. The average molecular weight is 306 g/mol. The first kappa shape index (κ1) is 11.3. The Morgan fingerprint density at radius 1 is 1.39 bits per heavy atom. The standard InChI is InChI=1S/C13H12BrN3O/c1-8-12(14)13(15)17(16-8)6-9-7-18-11-5-3-2-4-10(9)11/h2-5,7H,6,15H2,1H3. The lowest BCUT2D eigenvalue weighted by Crippen LogP contribution is -2.05. The number of rotatable bonds is 2. The van der Waals surface area contributed by atoms with E-state index in [9.17, 15) is 0 Å². The molecule has 0 saturated carbocycles. The molecule has 0 unspecified atom stereocenters. The molecule has 18 heavy (non-hydrogen) atoms. The van der Waals surface area contributed by atoms with E-state index in [4.69, 9.17) is 10.2 Å². The summed E-state index contributed by atoms with van der Waals surface area (Å²) in [6, 6.07) is 7.94. The zero-order chi connectivity index (χ0) is 12.7. The Morgan fingerprint density at radius 3 is 2.89 bits per heavy atom. The van der Waals surface area contributed by atoms with Gasteiger partial charge < -0.3 is 10.2 Å². The molecule has 4 nitrogen and oxygen atoms in total. The predicted octanol–water partition coefficient (Wildman–Crippen LogP) is 3.33. The van der Waals surface area contributed by atoms with Gasteiger partial charge in [-0.15, -0.1) is 0 Å². The molecular formula is C13H12BrN3O. The Bertz CT molecular complexity index is 714. The van der Waals surface area contributed by atoms with E-state index in [-0.39, 0.29) is 0 Å². The number of anilines is 1. The molecule has 0 fully saturated rings. The number of furan rings is 1. The SMILES string of the molecule is Cc1nn(Cc2coc3ccccc23)c(N)c1Br. The summed E-state index contributed by atoms with van der Waals surface area (Å²) in [6.07, 6.45) is 1.76. The van der Waals surface area contributed by atoms with Crippen LogP contribution in [-0.4, -0.2) is 9.78 Å². The van der Waals surface area contributed by atoms with Crippen LogP contribution >= 0.6 is 15.9 Å². The molecule has 2 N–H and O–H groups in total. The number of nitrogens with zero attached hydrogens (tertiary/aromatic N) is 2. The zero-order valence-electron chi connectivity index (χ0n) is 9.85. The van der Waals surface area contributed by atoms with Crippen LogP contribution in [0.5, 0.6) is 0 Å². The minimum atomic E-state index is 0.606. The van der Waals surface area contributed by atoms with E-state index in [0.717, 1.165) is 26.7 Å². The van der Waals surface area contributed by atoms with Crippen LogP contribution in [0.25, 0.3) is 11.0 Å². The highest BCUT2D eigenvalue weighted by Gasteiger charge is 2.12. The number of hydrogen-bond acceptors (Lipinski definition) is 3. The Hall–Kier alpha value is -1.75. The molecule has 5 heteroatoms. The van der Waals surface area contributed by atoms with Crippen molar-refractivity contribution in [2.24, 2.45) is 0 Å². The number of fused-ring (bicyclic) bond motifs is 1. The van der Waals surface area contributed by atoms with E-state index in [0.29, 0.717) is 12.4 Å². The maximum atomic E-state index is 5.99. The number of nitrogen functional groups attached to an aromatic ring is 1. The maximum absolute atomic E-state index is 5.99. The number of aryl methyl sites for hydroxylation is 1. The van der Waals surface area contributed by atoms with Gasteiger partial charge in [-0.25, -0.2) is 4.68 Å². The highest BCUT2D eigenvalue weighted by atomic mass is 79.9. The second kappa shape index (κ2) is 4.17. The first-order chi connectivity index (χ1) is 8.66. The van der Waals surface area contributed by atoms with Gasteiger partial charge in [-0.3, -0.25) is 0 Å². The highest BCUT2D eigenvalue weighted by molar-refractivity contribution is 9.10. The summed E-state index contributed by atoms with van der Waals surface area (Å²) in [5, 5.41) is 5.49. The Balaban J connectivity index is 2.04. The second-order valence-corrected chi connectivity index (χ2v) is 4.99. The number of para-hydroxylation sites is 1. The molecule has 0 saturated heterocycles. The molecule has 2 aromatic heterocycles. The molecule has 3 rings (SSSR count). The molecule has 3 aromatic rings. The summed E-state index contributed by atoms with van der Waals surface area (Å²) in [5.74, 6) is 0.637. The molecule has 92 valence electrons. The van der Waals surface area contributed by atoms with Crippen molar-refractivity contribution in [1.82, 2.24) is 9.78 Å². The van der Waals surface area contributed by atoms with Crippen LogP contribution in [0.2, 0.25) is 0 Å². The topological polar surface area (TPSA) is 57.0 Å². The van der Waals surface area contributed by atoms with Gasteiger partial charge in [0.2, 0.25) is 0 Å². The second-order valence-electron chi connectivity index (χ2n) is 4.20. The molecular weight excluding hydrogens is 294 g/mol. The Labute approximate surface area is 113 Å². The average Bonchev–Trinajstić information content (AvgIpc) is 2.89. The van der Waals surface area contributed by atoms with Crippen molar-refractivity contribution in [3.8, 4) is 0 Å². The first-order valence-electron chi connectivity index (χ1n) is 5.60. The van der Waals surface area contributed by atoms with Gasteiger partial charge in [0, 0.05) is 10.9 Å². The fourth-order valence-electron chi connectivity index (χ4n) is 2.01. The van der Waals surface area contributed by atoms with Crippen LogP contribution < -0.4 is 5.73 Å². The maximum Gasteiger partial charge on any atom is 0.136 e. The summed E-state index contributed by atoms with van der Waals surface area (Å²) in [5.41, 5.74) is 8.84. The van der Waals surface area contributed by atoms with Gasteiger partial charge in [-0.2, -0.15) is 5.10 Å². The van der Waals surface area contributed by atoms with Crippen LogP contribution in [0.4, 0.5) is 5.82 Å². The van der Waals surface area contributed by atoms with Gasteiger partial charge in [0.1, 0.15) is 11.4 Å². The lowest BCUT2D eigenvalue weighted by Gasteiger charge is -2.02. The molecule has 0 aliphatic rings. The summed E-state index contributed by atoms with van der Waals surface area (Å²) < 4.78 is 8.14. The van der Waals surface area contributed by atoms with E-state index in [1.54, 1.807) is 10.9 Å². The summed E-state index contributed by atoms with van der Waals surface area (Å²) in [7, 11) is 0. The minimum absolute atomic E-state index is 0.606. The quantitative estimate of drug-likeness (QED) is 0.790. The molecule has 1 aromatic carbocycles. The van der Waals surface area contributed by atoms with Crippen LogP contribution in [0, 0.1) is 6.92 Å². The van der Waals surface area contributed by atoms with E-state index in [1.807, 2.05) is 31.2 Å². The van der Waals surface area contributed by atoms with Crippen molar-refractivity contribution in [2.75, 3.05) is 5.73 Å². The van der Waals surface area contributed by atoms with E-state index in [2.05, 4.69) is 21.0 Å². The minimum Gasteiger partial charge on any atom is -0.464 e. The van der Waals surface area contributed by atoms with Gasteiger partial charge in [-0.05, 0) is 28.9 Å².